The molecule has 49 heavy (non-hydrogen) atoms. The summed E-state index contributed by atoms with van der Waals surface area (Å²) in [5.74, 6) is -3.46. The first kappa shape index (κ1) is 43.7. The predicted molar refractivity (Wildman–Crippen MR) is 189 cm³/mol. The van der Waals surface area contributed by atoms with Crippen LogP contribution in [0.2, 0.25) is 0 Å². The van der Waals surface area contributed by atoms with E-state index in [0.717, 1.165) is 7.11 Å². The second-order valence-corrected chi connectivity index (χ2v) is 14.0. The van der Waals surface area contributed by atoms with E-state index in [1.807, 2.05) is 46.8 Å². The van der Waals surface area contributed by atoms with Gasteiger partial charge in [0.2, 0.25) is 17.7 Å². The van der Waals surface area contributed by atoms with Crippen LogP contribution >= 0.6 is 7.75 Å². The number of rotatable bonds is 14. The number of aliphatic hydroxyl groups is 1. The molecule has 1 unspecified atom stereocenters. The number of hydrogen-bond donors (Lipinski definition) is 3. The van der Waals surface area contributed by atoms with Gasteiger partial charge < -0.3 is 34.5 Å². The summed E-state index contributed by atoms with van der Waals surface area (Å²) < 4.78 is 55.7. The largest absolute Gasteiger partial charge is 0.476 e. The predicted octanol–water partition coefficient (Wildman–Crippen LogP) is 6.36. The third-order valence-corrected chi connectivity index (χ3v) is 8.56. The normalized spacial score (nSPS) is 18.0. The number of carbonyl (C=O) groups is 1. The number of carbonyl (C=O) groups excluding carboxylic acids is 1. The Morgan fingerprint density at radius 2 is 1.86 bits per heavy atom. The van der Waals surface area contributed by atoms with Gasteiger partial charge in [-0.2, -0.15) is 4.98 Å². The molecule has 1 aliphatic carbocycles. The number of ether oxygens (including phenoxy) is 3. The Bertz CT molecular complexity index is 1380. The van der Waals surface area contributed by atoms with Crippen LogP contribution in [-0.4, -0.2) is 77.8 Å². The van der Waals surface area contributed by atoms with Gasteiger partial charge in [-0.05, 0) is 44.9 Å². The molecule has 0 spiro atoms. The maximum absolute atomic E-state index is 16.1. The van der Waals surface area contributed by atoms with E-state index >= 15 is 4.39 Å². The molecule has 3 rings (SSSR count). The van der Waals surface area contributed by atoms with Crippen molar-refractivity contribution >= 4 is 31.7 Å². The highest BCUT2D eigenvalue weighted by molar-refractivity contribution is 7.51. The van der Waals surface area contributed by atoms with Gasteiger partial charge in [-0.1, -0.05) is 66.7 Å². The van der Waals surface area contributed by atoms with Crippen LogP contribution in [0.5, 0.6) is 5.88 Å². The molecule has 0 amide bonds. The molecule has 16 heteroatoms. The average molecular weight is 715 g/mol. The van der Waals surface area contributed by atoms with Crippen molar-refractivity contribution in [1.29, 1.82) is 0 Å². The number of aliphatic imine (C=N–C) groups is 1. The molecule has 1 aliphatic heterocycles. The summed E-state index contributed by atoms with van der Waals surface area (Å²) in [6, 6.07) is 0. The fraction of sp³-hybridized carbons (Fsp3) is 0.636. The van der Waals surface area contributed by atoms with E-state index in [1.54, 1.807) is 32.1 Å². The zero-order chi connectivity index (χ0) is 37.5. The van der Waals surface area contributed by atoms with Crippen LogP contribution < -0.4 is 15.6 Å². The van der Waals surface area contributed by atoms with Crippen LogP contribution in [0.15, 0.2) is 41.1 Å². The summed E-state index contributed by atoms with van der Waals surface area (Å²) >= 11 is 0. The Morgan fingerprint density at radius 3 is 2.43 bits per heavy atom. The van der Waals surface area contributed by atoms with E-state index in [2.05, 4.69) is 20.0 Å². The highest BCUT2D eigenvalue weighted by Gasteiger charge is 2.51. The lowest BCUT2D eigenvalue weighted by atomic mass is 9.90. The van der Waals surface area contributed by atoms with Crippen molar-refractivity contribution < 1.29 is 42.1 Å². The number of methoxy groups -OCH3 is 1. The van der Waals surface area contributed by atoms with Crippen LogP contribution in [-0.2, 0) is 34.4 Å². The lowest BCUT2D eigenvalue weighted by Crippen LogP contribution is -2.58. The number of halogens is 1. The van der Waals surface area contributed by atoms with Crippen molar-refractivity contribution in [2.24, 2.45) is 16.3 Å². The average Bonchev–Trinajstić information content (AvgIpc) is 3.34. The SMILES string of the molecule is CC.CCC(=O)OCC(C)(C)C.CCOc1nc(N)nc2c1N=CN([C@](C)(O)[C@H](C)[C@@](F)(COP(=O)(NC)OC1=CC=CCC=C1)OC)C2. The fourth-order valence-electron chi connectivity index (χ4n) is 4.07. The van der Waals surface area contributed by atoms with Crippen molar-refractivity contribution in [2.75, 3.05) is 39.7 Å². The van der Waals surface area contributed by atoms with Gasteiger partial charge in [0.25, 0.3) is 0 Å². The number of esters is 1. The monoisotopic (exact) mass is 714 g/mol. The minimum Gasteiger partial charge on any atom is -0.476 e. The third-order valence-electron chi connectivity index (χ3n) is 7.09. The number of aromatic nitrogens is 2. The molecule has 2 aliphatic rings. The van der Waals surface area contributed by atoms with Crippen molar-refractivity contribution in [3.8, 4) is 5.88 Å². The zero-order valence-corrected chi connectivity index (χ0v) is 31.7. The van der Waals surface area contributed by atoms with Crippen molar-refractivity contribution in [3.63, 3.8) is 0 Å². The summed E-state index contributed by atoms with van der Waals surface area (Å²) in [6.07, 6.45) is 11.2. The first-order chi connectivity index (χ1) is 22.9. The van der Waals surface area contributed by atoms with Crippen LogP contribution in [0, 0.1) is 11.3 Å². The summed E-state index contributed by atoms with van der Waals surface area (Å²) in [6.45, 7) is 16.6. The second kappa shape index (κ2) is 19.7. The maximum Gasteiger partial charge on any atom is 0.458 e. The number of nitrogens with two attached hydrogens (primary N) is 1. The van der Waals surface area contributed by atoms with E-state index in [4.69, 9.17) is 29.0 Å². The van der Waals surface area contributed by atoms with Crippen LogP contribution in [0.4, 0.5) is 16.0 Å². The van der Waals surface area contributed by atoms with Gasteiger partial charge >= 0.3 is 13.7 Å². The van der Waals surface area contributed by atoms with E-state index in [-0.39, 0.29) is 35.5 Å². The molecule has 0 fully saturated rings. The van der Waals surface area contributed by atoms with E-state index < -0.39 is 31.9 Å². The number of hydrogen-bond acceptors (Lipinski definition) is 13. The number of nitrogens with zero attached hydrogens (tertiary/aromatic N) is 4. The van der Waals surface area contributed by atoms with Crippen molar-refractivity contribution in [2.45, 2.75) is 93.3 Å². The standard InChI is InChI=1S/C23H34FN6O6P.C8H16O2.C2H6/c1-6-34-20-19-18(28-21(25)29-20)13-30(15-27-19)22(3,31)16(2)23(24,33-5)14-35-37(32,26-4)36-17-11-9-7-8-10-12-17;1-5-7(9)10-6-8(2,3)4;1-2/h7,9-12,15-16,31H,6,8,13-14H2,1-5H3,(H,26,32)(H2,25,28,29);5-6H2,1-4H3;1-2H3/t16-,22+,23+,37?;;/m0../s1. The maximum atomic E-state index is 16.1. The van der Waals surface area contributed by atoms with Crippen molar-refractivity contribution in [1.82, 2.24) is 20.0 Å². The first-order valence-corrected chi connectivity index (χ1v) is 17.9. The van der Waals surface area contributed by atoms with E-state index in [0.29, 0.717) is 37.4 Å². The molecule has 2 heterocycles. The number of nitrogen functional groups attached to an aromatic ring is 1. The molecule has 278 valence electrons. The zero-order valence-electron chi connectivity index (χ0n) is 30.8. The summed E-state index contributed by atoms with van der Waals surface area (Å²) in [7, 11) is -1.47. The molecule has 0 bridgehead atoms. The molecular formula is C33H56FN6O8P. The van der Waals surface area contributed by atoms with Crippen LogP contribution in [0.1, 0.15) is 80.8 Å². The molecule has 14 nitrogen and oxygen atoms in total. The van der Waals surface area contributed by atoms with Gasteiger partial charge in [0.15, 0.2) is 5.69 Å². The molecule has 4 N–H and O–H groups in total. The highest BCUT2D eigenvalue weighted by atomic mass is 31.2. The molecule has 4 atom stereocenters. The van der Waals surface area contributed by atoms with Gasteiger partial charge in [-0.15, -0.1) is 0 Å². The molecule has 0 aromatic carbocycles. The smallest absolute Gasteiger partial charge is 0.458 e. The Balaban J connectivity index is 0.000000858. The fourth-order valence-corrected chi connectivity index (χ4v) is 5.08. The van der Waals surface area contributed by atoms with Gasteiger partial charge in [-0.25, -0.2) is 24.0 Å². The highest BCUT2D eigenvalue weighted by Crippen LogP contribution is 2.48. The van der Waals surface area contributed by atoms with Crippen LogP contribution in [0.25, 0.3) is 0 Å². The Morgan fingerprint density at radius 1 is 1.18 bits per heavy atom. The van der Waals surface area contributed by atoms with E-state index in [9.17, 15) is 14.5 Å². The molecule has 0 saturated carbocycles. The Hall–Kier alpha value is -3.36. The Kier molecular flexibility index (Phi) is 17.6. The summed E-state index contributed by atoms with van der Waals surface area (Å²) in [5, 5.41) is 13.9. The molecular weight excluding hydrogens is 658 g/mol. The lowest BCUT2D eigenvalue weighted by molar-refractivity contribution is -0.244. The van der Waals surface area contributed by atoms with Gasteiger partial charge in [0.05, 0.1) is 37.7 Å². The number of anilines is 1. The minimum absolute atomic E-state index is 0.0194. The minimum atomic E-state index is -3.97. The number of allylic oxidation sites excluding steroid dienone is 5. The molecule has 1 aromatic heterocycles. The topological polar surface area (TPSA) is 180 Å². The van der Waals surface area contributed by atoms with Gasteiger partial charge in [0.1, 0.15) is 18.1 Å². The second-order valence-electron chi connectivity index (χ2n) is 12.1. The number of alkyl halides is 1. The van der Waals surface area contributed by atoms with Crippen molar-refractivity contribution in [3.05, 3.63) is 41.8 Å². The van der Waals surface area contributed by atoms with Crippen LogP contribution in [0.3, 0.4) is 0 Å². The molecule has 0 radical (unpaired) electrons. The van der Waals surface area contributed by atoms with Gasteiger partial charge in [0, 0.05) is 13.5 Å². The quantitative estimate of drug-likeness (QED) is 0.143. The van der Waals surface area contributed by atoms with E-state index in [1.165, 1.54) is 32.1 Å². The number of nitrogens with one attached hydrogen (secondary N) is 1. The summed E-state index contributed by atoms with van der Waals surface area (Å²) in [5.41, 5.74) is 4.80. The lowest BCUT2D eigenvalue weighted by Gasteiger charge is -2.45. The van der Waals surface area contributed by atoms with Gasteiger partial charge in [-0.3, -0.25) is 9.32 Å². The molecule has 1 aromatic rings. The number of fused-ring (bicyclic) bond motifs is 1. The summed E-state index contributed by atoms with van der Waals surface area (Å²) in [4.78, 5) is 24.6. The first-order valence-electron chi connectivity index (χ1n) is 16.3. The Labute approximate surface area is 290 Å². The third kappa shape index (κ3) is 13.5. The molecule has 0 saturated heterocycles.